The lowest BCUT2D eigenvalue weighted by molar-refractivity contribution is -0.131. The molecule has 0 aromatic carbocycles. The van der Waals surface area contributed by atoms with Gasteiger partial charge in [-0.05, 0) is 19.8 Å². The summed E-state index contributed by atoms with van der Waals surface area (Å²) in [6.07, 6.45) is 5.28. The molecule has 0 atom stereocenters. The zero-order valence-electron chi connectivity index (χ0n) is 6.66. The maximum atomic E-state index is 10.1. The van der Waals surface area contributed by atoms with Crippen molar-refractivity contribution in [2.75, 3.05) is 6.54 Å². The van der Waals surface area contributed by atoms with Crippen LogP contribution in [-0.2, 0) is 4.79 Å². The molecule has 1 saturated carbocycles. The summed E-state index contributed by atoms with van der Waals surface area (Å²) >= 11 is 0. The summed E-state index contributed by atoms with van der Waals surface area (Å²) in [6.45, 7) is 2.93. The molecule has 3 nitrogen and oxygen atoms in total. The van der Waals surface area contributed by atoms with Crippen molar-refractivity contribution >= 4 is 5.97 Å². The first-order valence-electron chi connectivity index (χ1n) is 3.91. The summed E-state index contributed by atoms with van der Waals surface area (Å²) in [7, 11) is 0. The third kappa shape index (κ3) is 2.62. The van der Waals surface area contributed by atoms with E-state index in [0.29, 0.717) is 6.04 Å². The fraction of sp³-hybridized carbons (Fsp3) is 0.625. The quantitative estimate of drug-likeness (QED) is 0.617. The number of carboxylic acids is 1. The lowest BCUT2D eigenvalue weighted by Gasteiger charge is -2.15. The second-order valence-corrected chi connectivity index (χ2v) is 2.72. The second kappa shape index (κ2) is 3.42. The van der Waals surface area contributed by atoms with E-state index < -0.39 is 5.97 Å². The van der Waals surface area contributed by atoms with Gasteiger partial charge >= 0.3 is 5.97 Å². The van der Waals surface area contributed by atoms with Gasteiger partial charge in [0, 0.05) is 24.9 Å². The Morgan fingerprint density at radius 1 is 1.73 bits per heavy atom. The molecule has 0 spiro atoms. The van der Waals surface area contributed by atoms with Crippen LogP contribution in [0.4, 0.5) is 0 Å². The molecular weight excluding hydrogens is 142 g/mol. The van der Waals surface area contributed by atoms with Gasteiger partial charge in [0.15, 0.2) is 0 Å². The average Bonchev–Trinajstić information content (AvgIpc) is 2.72. The van der Waals surface area contributed by atoms with Gasteiger partial charge in [-0.3, -0.25) is 0 Å². The largest absolute Gasteiger partial charge is 0.478 e. The number of carbonyl (C=O) groups is 1. The van der Waals surface area contributed by atoms with Gasteiger partial charge in [-0.2, -0.15) is 0 Å². The predicted molar refractivity (Wildman–Crippen MR) is 42.2 cm³/mol. The van der Waals surface area contributed by atoms with Gasteiger partial charge in [-0.15, -0.1) is 0 Å². The lowest BCUT2D eigenvalue weighted by Crippen LogP contribution is -2.19. The minimum absolute atomic E-state index is 0.607. The van der Waals surface area contributed by atoms with Crippen molar-refractivity contribution in [1.29, 1.82) is 0 Å². The second-order valence-electron chi connectivity index (χ2n) is 2.72. The van der Waals surface area contributed by atoms with Crippen LogP contribution in [0.3, 0.4) is 0 Å². The highest BCUT2D eigenvalue weighted by Gasteiger charge is 2.25. The molecule has 0 saturated heterocycles. The number of hydrogen-bond donors (Lipinski definition) is 1. The summed E-state index contributed by atoms with van der Waals surface area (Å²) in [4.78, 5) is 12.2. The fourth-order valence-corrected chi connectivity index (χ4v) is 1.05. The average molecular weight is 155 g/mol. The van der Waals surface area contributed by atoms with Crippen LogP contribution in [0.15, 0.2) is 12.3 Å². The summed E-state index contributed by atoms with van der Waals surface area (Å²) in [5.74, 6) is -0.871. The Hall–Kier alpha value is -0.990. The molecule has 0 bridgehead atoms. The summed E-state index contributed by atoms with van der Waals surface area (Å²) < 4.78 is 0. The van der Waals surface area contributed by atoms with Crippen LogP contribution in [0.1, 0.15) is 19.8 Å². The molecule has 1 fully saturated rings. The minimum Gasteiger partial charge on any atom is -0.478 e. The van der Waals surface area contributed by atoms with Crippen LogP contribution in [0.25, 0.3) is 0 Å². The van der Waals surface area contributed by atoms with Crippen LogP contribution in [0, 0.1) is 0 Å². The molecule has 1 aliphatic carbocycles. The Kier molecular flexibility index (Phi) is 2.52. The van der Waals surface area contributed by atoms with E-state index in [1.165, 1.54) is 18.9 Å². The number of aliphatic carboxylic acids is 1. The Bertz CT molecular complexity index is 173. The minimum atomic E-state index is -0.871. The van der Waals surface area contributed by atoms with Gasteiger partial charge < -0.3 is 10.0 Å². The fourth-order valence-electron chi connectivity index (χ4n) is 1.05. The first-order valence-corrected chi connectivity index (χ1v) is 3.91. The monoisotopic (exact) mass is 155 g/mol. The van der Waals surface area contributed by atoms with Crippen LogP contribution in [0.5, 0.6) is 0 Å². The van der Waals surface area contributed by atoms with Crippen molar-refractivity contribution in [3.63, 3.8) is 0 Å². The molecule has 0 aliphatic heterocycles. The topological polar surface area (TPSA) is 40.5 Å². The maximum Gasteiger partial charge on any atom is 0.329 e. The van der Waals surface area contributed by atoms with Gasteiger partial charge in [-0.25, -0.2) is 4.79 Å². The molecule has 0 heterocycles. The predicted octanol–water partition coefficient (Wildman–Crippen LogP) is 1.07. The van der Waals surface area contributed by atoms with E-state index in [1.54, 1.807) is 6.20 Å². The van der Waals surface area contributed by atoms with Crippen molar-refractivity contribution in [2.45, 2.75) is 25.8 Å². The lowest BCUT2D eigenvalue weighted by atomic mass is 10.5. The molecular formula is C8H13NO2. The van der Waals surface area contributed by atoms with E-state index in [1.807, 2.05) is 6.92 Å². The van der Waals surface area contributed by atoms with E-state index >= 15 is 0 Å². The maximum absolute atomic E-state index is 10.1. The highest BCUT2D eigenvalue weighted by Crippen LogP contribution is 2.26. The third-order valence-corrected chi connectivity index (χ3v) is 1.79. The van der Waals surface area contributed by atoms with E-state index in [9.17, 15) is 4.79 Å². The molecule has 0 amide bonds. The van der Waals surface area contributed by atoms with Crippen molar-refractivity contribution in [3.05, 3.63) is 12.3 Å². The van der Waals surface area contributed by atoms with Crippen LogP contribution in [0.2, 0.25) is 0 Å². The molecule has 62 valence electrons. The first-order chi connectivity index (χ1) is 5.24. The van der Waals surface area contributed by atoms with Crippen molar-refractivity contribution < 1.29 is 9.90 Å². The molecule has 0 aromatic heterocycles. The van der Waals surface area contributed by atoms with E-state index in [4.69, 9.17) is 5.11 Å². The highest BCUT2D eigenvalue weighted by atomic mass is 16.4. The smallest absolute Gasteiger partial charge is 0.329 e. The summed E-state index contributed by atoms with van der Waals surface area (Å²) in [6, 6.07) is 0.607. The van der Waals surface area contributed by atoms with Crippen molar-refractivity contribution in [3.8, 4) is 0 Å². The van der Waals surface area contributed by atoms with E-state index in [2.05, 4.69) is 4.90 Å². The molecule has 3 heteroatoms. The molecule has 1 aliphatic rings. The van der Waals surface area contributed by atoms with Gasteiger partial charge in [-0.1, -0.05) is 0 Å². The Morgan fingerprint density at radius 2 is 2.36 bits per heavy atom. The van der Waals surface area contributed by atoms with Crippen LogP contribution in [-0.4, -0.2) is 28.6 Å². The Labute approximate surface area is 66.3 Å². The molecule has 0 aromatic rings. The van der Waals surface area contributed by atoms with E-state index in [0.717, 1.165) is 6.54 Å². The van der Waals surface area contributed by atoms with Crippen molar-refractivity contribution in [1.82, 2.24) is 4.90 Å². The molecule has 1 N–H and O–H groups in total. The van der Waals surface area contributed by atoms with Crippen LogP contribution >= 0.6 is 0 Å². The van der Waals surface area contributed by atoms with E-state index in [-0.39, 0.29) is 0 Å². The summed E-state index contributed by atoms with van der Waals surface area (Å²) in [5.41, 5.74) is 0. The first kappa shape index (κ1) is 8.11. The SMILES string of the molecule is CCN(/C=C/C(=O)O)C1CC1. The normalized spacial score (nSPS) is 17.2. The standard InChI is InChI=1S/C8H13NO2/c1-2-9(7-3-4-7)6-5-8(10)11/h5-7H,2-4H2,1H3,(H,10,11)/b6-5+. The van der Waals surface area contributed by atoms with Crippen molar-refractivity contribution in [2.24, 2.45) is 0 Å². The number of hydrogen-bond acceptors (Lipinski definition) is 2. The third-order valence-electron chi connectivity index (χ3n) is 1.79. The number of rotatable bonds is 4. The molecule has 11 heavy (non-hydrogen) atoms. The molecule has 0 unspecified atom stereocenters. The van der Waals surface area contributed by atoms with Gasteiger partial charge in [0.1, 0.15) is 0 Å². The van der Waals surface area contributed by atoms with Gasteiger partial charge in [0.05, 0.1) is 0 Å². The molecule has 1 rings (SSSR count). The number of nitrogens with zero attached hydrogens (tertiary/aromatic N) is 1. The van der Waals surface area contributed by atoms with Gasteiger partial charge in [0.2, 0.25) is 0 Å². The Morgan fingerprint density at radius 3 is 2.73 bits per heavy atom. The number of carboxylic acid groups (broad SMARTS) is 1. The van der Waals surface area contributed by atoms with Crippen LogP contribution < -0.4 is 0 Å². The zero-order valence-corrected chi connectivity index (χ0v) is 6.66. The zero-order chi connectivity index (χ0) is 8.27. The molecule has 0 radical (unpaired) electrons. The highest BCUT2D eigenvalue weighted by molar-refractivity contribution is 5.79. The Balaban J connectivity index is 2.36. The summed E-state index contributed by atoms with van der Waals surface area (Å²) in [5, 5.41) is 8.35. The van der Waals surface area contributed by atoms with Gasteiger partial charge in [0.25, 0.3) is 0 Å².